The quantitative estimate of drug-likeness (QED) is 0.753. The minimum Gasteiger partial charge on any atom is -0.293 e. The highest BCUT2D eigenvalue weighted by Crippen LogP contribution is 2.32. The molecule has 0 radical (unpaired) electrons. The number of Topliss-reactive ketones (excluding diaryl/α,β-unsaturated/α-hetero) is 1. The third-order valence-electron chi connectivity index (χ3n) is 2.57. The number of ketones is 1. The first-order chi connectivity index (χ1) is 6.27. The predicted octanol–water partition coefficient (Wildman–Crippen LogP) is 3.88. The maximum atomic E-state index is 11.7. The highest BCUT2D eigenvalue weighted by atomic mass is 79.9. The summed E-state index contributed by atoms with van der Waals surface area (Å²) in [5.74, 6) is 0.980. The second kappa shape index (κ2) is 3.93. The summed E-state index contributed by atoms with van der Waals surface area (Å²) in [4.78, 5) is 12.6. The number of halogens is 1. The Kier molecular flexibility index (Phi) is 2.84. The van der Waals surface area contributed by atoms with Crippen molar-refractivity contribution in [3.8, 4) is 0 Å². The van der Waals surface area contributed by atoms with E-state index in [2.05, 4.69) is 15.9 Å². The van der Waals surface area contributed by atoms with E-state index in [0.717, 1.165) is 15.8 Å². The summed E-state index contributed by atoms with van der Waals surface area (Å²) in [5, 5.41) is 1.96. The third-order valence-corrected chi connectivity index (χ3v) is 4.45. The van der Waals surface area contributed by atoms with E-state index in [1.807, 2.05) is 11.4 Å². The molecule has 3 heteroatoms. The smallest absolute Gasteiger partial charge is 0.174 e. The van der Waals surface area contributed by atoms with Crippen LogP contribution in [0.25, 0.3) is 0 Å². The van der Waals surface area contributed by atoms with Crippen molar-refractivity contribution in [2.45, 2.75) is 25.7 Å². The fourth-order valence-electron chi connectivity index (χ4n) is 1.54. The summed E-state index contributed by atoms with van der Waals surface area (Å²) in [5.41, 5.74) is 0. The molecule has 1 aromatic rings. The summed E-state index contributed by atoms with van der Waals surface area (Å²) < 4.78 is 0.960. The van der Waals surface area contributed by atoms with E-state index in [9.17, 15) is 4.79 Å². The zero-order valence-corrected chi connectivity index (χ0v) is 9.66. The van der Waals surface area contributed by atoms with Gasteiger partial charge >= 0.3 is 0 Å². The molecule has 1 aromatic heterocycles. The highest BCUT2D eigenvalue weighted by Gasteiger charge is 2.22. The van der Waals surface area contributed by atoms with E-state index >= 15 is 0 Å². The fourth-order valence-corrected chi connectivity index (χ4v) is 3.09. The van der Waals surface area contributed by atoms with E-state index in [4.69, 9.17) is 0 Å². The van der Waals surface area contributed by atoms with Gasteiger partial charge in [-0.3, -0.25) is 4.79 Å². The molecule has 0 spiro atoms. The van der Waals surface area contributed by atoms with Gasteiger partial charge in [-0.05, 0) is 33.3 Å². The lowest BCUT2D eigenvalue weighted by Crippen LogP contribution is -2.15. The lowest BCUT2D eigenvalue weighted by Gasteiger charge is -2.24. The molecule has 0 bridgehead atoms. The molecule has 1 aliphatic rings. The molecule has 2 rings (SSSR count). The van der Waals surface area contributed by atoms with Crippen LogP contribution in [-0.2, 0) is 0 Å². The average Bonchev–Trinajstić information content (AvgIpc) is 2.43. The fraction of sp³-hybridized carbons (Fsp3) is 0.500. The molecule has 13 heavy (non-hydrogen) atoms. The van der Waals surface area contributed by atoms with E-state index in [1.165, 1.54) is 30.6 Å². The molecule has 0 aromatic carbocycles. The number of hydrogen-bond donors (Lipinski definition) is 0. The monoisotopic (exact) mass is 258 g/mol. The van der Waals surface area contributed by atoms with Crippen LogP contribution >= 0.6 is 27.3 Å². The van der Waals surface area contributed by atoms with Crippen molar-refractivity contribution in [3.05, 3.63) is 20.8 Å². The van der Waals surface area contributed by atoms with Gasteiger partial charge in [0, 0.05) is 10.9 Å². The molecule has 0 saturated heterocycles. The number of rotatable bonds is 3. The van der Waals surface area contributed by atoms with Gasteiger partial charge in [-0.25, -0.2) is 0 Å². The molecule has 1 aliphatic carbocycles. The average molecular weight is 259 g/mol. The van der Waals surface area contributed by atoms with E-state index in [1.54, 1.807) is 0 Å². The second-order valence-electron chi connectivity index (χ2n) is 3.52. The van der Waals surface area contributed by atoms with Gasteiger partial charge in [0.05, 0.1) is 4.88 Å². The van der Waals surface area contributed by atoms with Crippen LogP contribution in [0.2, 0.25) is 0 Å². The van der Waals surface area contributed by atoms with E-state index < -0.39 is 0 Å². The largest absolute Gasteiger partial charge is 0.293 e. The Balaban J connectivity index is 2.00. The van der Waals surface area contributed by atoms with Crippen LogP contribution in [0, 0.1) is 5.92 Å². The van der Waals surface area contributed by atoms with Crippen LogP contribution in [0.5, 0.6) is 0 Å². The number of carbonyl (C=O) groups is 1. The maximum Gasteiger partial charge on any atom is 0.174 e. The molecule has 0 aliphatic heterocycles. The lowest BCUT2D eigenvalue weighted by molar-refractivity contribution is 0.0940. The summed E-state index contributed by atoms with van der Waals surface area (Å²) in [6.45, 7) is 0. The topological polar surface area (TPSA) is 17.1 Å². The molecule has 0 unspecified atom stereocenters. The van der Waals surface area contributed by atoms with Crippen LogP contribution in [0.3, 0.4) is 0 Å². The molecule has 1 nitrogen and oxygen atoms in total. The zero-order valence-electron chi connectivity index (χ0n) is 7.25. The molecule has 0 amide bonds. The maximum absolute atomic E-state index is 11.7. The van der Waals surface area contributed by atoms with Gasteiger partial charge in [-0.15, -0.1) is 11.3 Å². The van der Waals surface area contributed by atoms with Gasteiger partial charge in [0.25, 0.3) is 0 Å². The van der Waals surface area contributed by atoms with E-state index in [0.29, 0.717) is 11.7 Å². The first kappa shape index (κ1) is 9.41. The Hall–Kier alpha value is -0.150. The lowest BCUT2D eigenvalue weighted by atomic mass is 9.82. The molecular weight excluding hydrogens is 248 g/mol. The molecular formula is C10H11BrOS. The van der Waals surface area contributed by atoms with Crippen molar-refractivity contribution in [1.82, 2.24) is 0 Å². The molecule has 70 valence electrons. The standard InChI is InChI=1S/C10H11BrOS/c11-8-4-5-13-10(8)9(12)6-7-2-1-3-7/h4-5,7H,1-3,6H2. The van der Waals surface area contributed by atoms with Crippen molar-refractivity contribution in [2.24, 2.45) is 5.92 Å². The minimum absolute atomic E-state index is 0.312. The van der Waals surface area contributed by atoms with Gasteiger partial charge < -0.3 is 0 Å². The Morgan fingerprint density at radius 1 is 1.62 bits per heavy atom. The van der Waals surface area contributed by atoms with Gasteiger partial charge in [0.15, 0.2) is 5.78 Å². The van der Waals surface area contributed by atoms with Crippen molar-refractivity contribution < 1.29 is 4.79 Å². The minimum atomic E-state index is 0.312. The molecule has 1 heterocycles. The van der Waals surface area contributed by atoms with Gasteiger partial charge in [-0.2, -0.15) is 0 Å². The second-order valence-corrected chi connectivity index (χ2v) is 5.29. The third kappa shape index (κ3) is 2.02. The number of thiophene rings is 1. The first-order valence-electron chi connectivity index (χ1n) is 4.53. The summed E-state index contributed by atoms with van der Waals surface area (Å²) in [6.07, 6.45) is 4.55. The predicted molar refractivity (Wildman–Crippen MR) is 58.3 cm³/mol. The molecule has 1 fully saturated rings. The summed E-state index contributed by atoms with van der Waals surface area (Å²) in [7, 11) is 0. The highest BCUT2D eigenvalue weighted by molar-refractivity contribution is 9.10. The van der Waals surface area contributed by atoms with Gasteiger partial charge in [0.1, 0.15) is 0 Å². The van der Waals surface area contributed by atoms with Crippen LogP contribution in [-0.4, -0.2) is 5.78 Å². The van der Waals surface area contributed by atoms with Crippen LogP contribution < -0.4 is 0 Å². The van der Waals surface area contributed by atoms with Crippen molar-refractivity contribution in [3.63, 3.8) is 0 Å². The van der Waals surface area contributed by atoms with Crippen LogP contribution in [0.15, 0.2) is 15.9 Å². The molecule has 0 N–H and O–H groups in total. The summed E-state index contributed by atoms with van der Waals surface area (Å²) in [6, 6.07) is 1.94. The SMILES string of the molecule is O=C(CC1CCC1)c1sccc1Br. The van der Waals surface area contributed by atoms with E-state index in [-0.39, 0.29) is 0 Å². The van der Waals surface area contributed by atoms with Crippen LogP contribution in [0.4, 0.5) is 0 Å². The molecule has 1 saturated carbocycles. The zero-order chi connectivity index (χ0) is 9.26. The van der Waals surface area contributed by atoms with Crippen LogP contribution in [0.1, 0.15) is 35.4 Å². The Labute approximate surface area is 90.3 Å². The Morgan fingerprint density at radius 2 is 2.38 bits per heavy atom. The van der Waals surface area contributed by atoms with Gasteiger partial charge in [-0.1, -0.05) is 19.3 Å². The van der Waals surface area contributed by atoms with Crippen molar-refractivity contribution in [1.29, 1.82) is 0 Å². The number of carbonyl (C=O) groups excluding carboxylic acids is 1. The Morgan fingerprint density at radius 3 is 2.85 bits per heavy atom. The van der Waals surface area contributed by atoms with Gasteiger partial charge in [0.2, 0.25) is 0 Å². The number of hydrogen-bond acceptors (Lipinski definition) is 2. The normalized spacial score (nSPS) is 17.0. The van der Waals surface area contributed by atoms with Crippen molar-refractivity contribution >= 4 is 33.0 Å². The summed E-state index contributed by atoms with van der Waals surface area (Å²) >= 11 is 4.92. The van der Waals surface area contributed by atoms with Crippen molar-refractivity contribution in [2.75, 3.05) is 0 Å². The molecule has 0 atom stereocenters. The first-order valence-corrected chi connectivity index (χ1v) is 6.21. The Bertz CT molecular complexity index is 314.